The highest BCUT2D eigenvalue weighted by atomic mass is 19.4. The maximum absolute atomic E-state index is 12.6. The molecule has 3 rings (SSSR count). The summed E-state index contributed by atoms with van der Waals surface area (Å²) in [5.41, 5.74) is 2.91. The number of para-hydroxylation sites is 1. The van der Waals surface area contributed by atoms with Crippen LogP contribution < -0.4 is 15.0 Å². The van der Waals surface area contributed by atoms with Gasteiger partial charge in [0.2, 0.25) is 0 Å². The molecule has 2 N–H and O–H groups in total. The summed E-state index contributed by atoms with van der Waals surface area (Å²) in [7, 11) is 0. The summed E-state index contributed by atoms with van der Waals surface area (Å²) in [4.78, 5) is 21.3. The molecular weight excluding hydrogens is 479 g/mol. The number of carbonyl (C=O) groups excluding carboxylic acids is 1. The van der Waals surface area contributed by atoms with Crippen molar-refractivity contribution in [3.8, 4) is 11.5 Å². The van der Waals surface area contributed by atoms with Gasteiger partial charge in [-0.05, 0) is 47.5 Å². The topological polar surface area (TPSA) is 102 Å². The van der Waals surface area contributed by atoms with Crippen LogP contribution in [0.4, 0.5) is 18.0 Å². The SMILES string of the molecule is N=C(COc1ccc(CC=NOCc2ccc(C(F)(F)F)cc2)cc1)NOC(=O)Oc1ccccc1. The van der Waals surface area contributed by atoms with Gasteiger partial charge in [-0.3, -0.25) is 5.41 Å². The summed E-state index contributed by atoms with van der Waals surface area (Å²) >= 11 is 0. The Kier molecular flexibility index (Phi) is 9.26. The van der Waals surface area contributed by atoms with Gasteiger partial charge in [-0.25, -0.2) is 4.79 Å². The zero-order chi connectivity index (χ0) is 25.8. The number of rotatable bonds is 9. The number of ether oxygens (including phenoxy) is 2. The number of alkyl halides is 3. The van der Waals surface area contributed by atoms with Crippen LogP contribution in [0.1, 0.15) is 16.7 Å². The van der Waals surface area contributed by atoms with E-state index in [2.05, 4.69) is 15.5 Å². The Labute approximate surface area is 204 Å². The average molecular weight is 501 g/mol. The molecule has 188 valence electrons. The fourth-order valence-corrected chi connectivity index (χ4v) is 2.71. The van der Waals surface area contributed by atoms with E-state index in [9.17, 15) is 18.0 Å². The summed E-state index contributed by atoms with van der Waals surface area (Å²) in [6, 6.07) is 20.0. The lowest BCUT2D eigenvalue weighted by molar-refractivity contribution is -0.137. The van der Waals surface area contributed by atoms with E-state index >= 15 is 0 Å². The lowest BCUT2D eigenvalue weighted by atomic mass is 10.1. The first kappa shape index (κ1) is 26.1. The number of hydroxylamine groups is 1. The number of amidine groups is 1. The van der Waals surface area contributed by atoms with Gasteiger partial charge in [0.25, 0.3) is 0 Å². The monoisotopic (exact) mass is 501 g/mol. The smallest absolute Gasteiger partial charge is 0.486 e. The molecule has 0 aliphatic rings. The van der Waals surface area contributed by atoms with E-state index in [1.165, 1.54) is 18.3 Å². The highest BCUT2D eigenvalue weighted by Gasteiger charge is 2.29. The number of carbonyl (C=O) groups is 1. The normalized spacial score (nSPS) is 11.1. The summed E-state index contributed by atoms with van der Waals surface area (Å²) in [5, 5.41) is 11.5. The van der Waals surface area contributed by atoms with Crippen molar-refractivity contribution in [2.24, 2.45) is 5.16 Å². The van der Waals surface area contributed by atoms with Gasteiger partial charge < -0.3 is 19.1 Å². The van der Waals surface area contributed by atoms with Crippen LogP contribution >= 0.6 is 0 Å². The maximum atomic E-state index is 12.6. The Hall–Kier alpha value is -4.54. The molecule has 36 heavy (non-hydrogen) atoms. The van der Waals surface area contributed by atoms with Crippen molar-refractivity contribution in [2.45, 2.75) is 19.2 Å². The molecule has 0 heterocycles. The van der Waals surface area contributed by atoms with Crippen molar-refractivity contribution < 1.29 is 37.1 Å². The van der Waals surface area contributed by atoms with Gasteiger partial charge in [0.05, 0.1) is 5.56 Å². The molecular formula is C25H22F3N3O5. The lowest BCUT2D eigenvalue weighted by Crippen LogP contribution is -2.32. The Balaban J connectivity index is 1.32. The number of hydrogen-bond acceptors (Lipinski definition) is 7. The van der Waals surface area contributed by atoms with Crippen LogP contribution in [-0.2, 0) is 28.9 Å². The van der Waals surface area contributed by atoms with Crippen LogP contribution in [0.15, 0.2) is 84.0 Å². The van der Waals surface area contributed by atoms with E-state index in [1.807, 2.05) is 0 Å². The Morgan fingerprint density at radius 2 is 1.58 bits per heavy atom. The molecule has 0 aromatic heterocycles. The van der Waals surface area contributed by atoms with Crippen LogP contribution in [-0.4, -0.2) is 24.8 Å². The van der Waals surface area contributed by atoms with Crippen molar-refractivity contribution in [1.82, 2.24) is 5.48 Å². The fourth-order valence-electron chi connectivity index (χ4n) is 2.71. The first-order chi connectivity index (χ1) is 17.3. The lowest BCUT2D eigenvalue weighted by Gasteiger charge is -2.10. The molecule has 11 heteroatoms. The Morgan fingerprint density at radius 3 is 2.25 bits per heavy atom. The van der Waals surface area contributed by atoms with Gasteiger partial charge in [-0.15, -0.1) is 0 Å². The summed E-state index contributed by atoms with van der Waals surface area (Å²) in [6.45, 7) is -0.119. The second-order valence-corrected chi connectivity index (χ2v) is 7.24. The fraction of sp³-hybridized carbons (Fsp3) is 0.160. The largest absolute Gasteiger partial charge is 0.538 e. The number of hydrogen-bond donors (Lipinski definition) is 2. The second-order valence-electron chi connectivity index (χ2n) is 7.24. The first-order valence-corrected chi connectivity index (χ1v) is 10.6. The number of nitrogens with zero attached hydrogens (tertiary/aromatic N) is 1. The molecule has 0 saturated heterocycles. The number of nitrogens with one attached hydrogen (secondary N) is 2. The molecule has 0 atom stereocenters. The van der Waals surface area contributed by atoms with Crippen LogP contribution in [0.2, 0.25) is 0 Å². The van der Waals surface area contributed by atoms with Gasteiger partial charge >= 0.3 is 12.3 Å². The van der Waals surface area contributed by atoms with Crippen molar-refractivity contribution in [3.05, 3.63) is 95.6 Å². The predicted octanol–water partition coefficient (Wildman–Crippen LogP) is 5.53. The minimum Gasteiger partial charge on any atom is -0.486 e. The minimum absolute atomic E-state index is 0.0507. The molecule has 0 radical (unpaired) electrons. The number of oxime groups is 1. The van der Waals surface area contributed by atoms with Crippen LogP contribution in [0.5, 0.6) is 11.5 Å². The summed E-state index contributed by atoms with van der Waals surface area (Å²) in [5.74, 6) is 0.608. The van der Waals surface area contributed by atoms with Gasteiger partial charge in [0.1, 0.15) is 24.7 Å². The van der Waals surface area contributed by atoms with Crippen molar-refractivity contribution in [2.75, 3.05) is 6.61 Å². The van der Waals surface area contributed by atoms with Crippen molar-refractivity contribution in [1.29, 1.82) is 5.41 Å². The average Bonchev–Trinajstić information content (AvgIpc) is 2.87. The molecule has 3 aromatic carbocycles. The van der Waals surface area contributed by atoms with Gasteiger partial charge in [-0.1, -0.05) is 47.6 Å². The van der Waals surface area contributed by atoms with Crippen molar-refractivity contribution in [3.63, 3.8) is 0 Å². The third kappa shape index (κ3) is 9.01. The second kappa shape index (κ2) is 12.8. The molecule has 3 aromatic rings. The summed E-state index contributed by atoms with van der Waals surface area (Å²) in [6.07, 6.45) is -3.39. The van der Waals surface area contributed by atoms with Crippen LogP contribution in [0.3, 0.4) is 0 Å². The Morgan fingerprint density at radius 1 is 0.917 bits per heavy atom. The molecule has 0 bridgehead atoms. The standard InChI is InChI=1S/C25H22F3N3O5/c26-25(27,28)20-10-6-19(7-11-20)16-34-30-15-14-18-8-12-21(13-9-18)33-17-23(29)31-36-24(32)35-22-4-2-1-3-5-22/h1-13,15H,14,16-17H2,(H2,29,31). The molecule has 0 saturated carbocycles. The predicted molar refractivity (Wildman–Crippen MR) is 125 cm³/mol. The molecule has 8 nitrogen and oxygen atoms in total. The highest BCUT2D eigenvalue weighted by molar-refractivity contribution is 5.80. The third-order valence-corrected chi connectivity index (χ3v) is 4.50. The quantitative estimate of drug-likeness (QED) is 0.132. The zero-order valence-corrected chi connectivity index (χ0v) is 18.8. The van der Waals surface area contributed by atoms with E-state index in [-0.39, 0.29) is 19.0 Å². The molecule has 0 aliphatic heterocycles. The third-order valence-electron chi connectivity index (χ3n) is 4.50. The first-order valence-electron chi connectivity index (χ1n) is 10.6. The maximum Gasteiger partial charge on any atom is 0.538 e. The Bertz CT molecular complexity index is 1150. The van der Waals surface area contributed by atoms with Crippen LogP contribution in [0.25, 0.3) is 0 Å². The highest BCUT2D eigenvalue weighted by Crippen LogP contribution is 2.29. The van der Waals surface area contributed by atoms with Gasteiger partial charge in [0.15, 0.2) is 5.84 Å². The minimum atomic E-state index is -4.37. The van der Waals surface area contributed by atoms with E-state index in [0.717, 1.165) is 17.7 Å². The molecule has 0 unspecified atom stereocenters. The molecule has 0 amide bonds. The van der Waals surface area contributed by atoms with Gasteiger partial charge in [-0.2, -0.15) is 18.7 Å². The zero-order valence-electron chi connectivity index (χ0n) is 18.8. The van der Waals surface area contributed by atoms with Crippen molar-refractivity contribution >= 4 is 18.2 Å². The number of benzene rings is 3. The molecule has 0 fully saturated rings. The van der Waals surface area contributed by atoms with E-state index < -0.39 is 17.9 Å². The van der Waals surface area contributed by atoms with E-state index in [4.69, 9.17) is 19.7 Å². The van der Waals surface area contributed by atoms with E-state index in [1.54, 1.807) is 54.6 Å². The van der Waals surface area contributed by atoms with Gasteiger partial charge in [0, 0.05) is 12.6 Å². The number of halogens is 3. The van der Waals surface area contributed by atoms with Crippen LogP contribution in [0, 0.1) is 5.41 Å². The molecule has 0 aliphatic carbocycles. The summed E-state index contributed by atoms with van der Waals surface area (Å²) < 4.78 is 48.0. The molecule has 0 spiro atoms. The van der Waals surface area contributed by atoms with E-state index in [0.29, 0.717) is 23.5 Å².